The van der Waals surface area contributed by atoms with Gasteiger partial charge in [-0.2, -0.15) is 5.10 Å². The van der Waals surface area contributed by atoms with E-state index in [0.717, 1.165) is 50.0 Å². The summed E-state index contributed by atoms with van der Waals surface area (Å²) in [5.74, 6) is -0.964. The Morgan fingerprint density at radius 3 is 2.63 bits per heavy atom. The Balaban J connectivity index is 1.23. The van der Waals surface area contributed by atoms with Gasteiger partial charge in [-0.15, -0.1) is 0 Å². The molecule has 1 aromatic heterocycles. The van der Waals surface area contributed by atoms with Crippen molar-refractivity contribution in [1.82, 2.24) is 19.6 Å². The average Bonchev–Trinajstić information content (AvgIpc) is 3.37. The molecule has 1 aliphatic heterocycles. The van der Waals surface area contributed by atoms with Gasteiger partial charge < -0.3 is 10.0 Å². The van der Waals surface area contributed by atoms with Crippen LogP contribution in [0.25, 0.3) is 0 Å². The fraction of sp³-hybridized carbons (Fsp3) is 0.522. The largest absolute Gasteiger partial charge is 0.476 e. The minimum absolute atomic E-state index is 0.0350. The number of hydrogen-bond donors (Lipinski definition) is 1. The predicted molar refractivity (Wildman–Crippen MR) is 111 cm³/mol. The Kier molecular flexibility index (Phi) is 5.06. The molecular formula is C23H28N4O3. The summed E-state index contributed by atoms with van der Waals surface area (Å²) in [6.07, 6.45) is 6.05. The summed E-state index contributed by atoms with van der Waals surface area (Å²) < 4.78 is 1.64. The molecular weight excluding hydrogens is 380 g/mol. The van der Waals surface area contributed by atoms with Crippen LogP contribution in [0.15, 0.2) is 24.3 Å². The maximum atomic E-state index is 12.9. The van der Waals surface area contributed by atoms with Crippen molar-refractivity contribution in [3.05, 3.63) is 52.3 Å². The van der Waals surface area contributed by atoms with Crippen LogP contribution in [-0.4, -0.2) is 62.7 Å². The van der Waals surface area contributed by atoms with E-state index in [1.54, 1.807) is 4.68 Å². The maximum absolute atomic E-state index is 12.9. The third-order valence-corrected chi connectivity index (χ3v) is 6.94. The second kappa shape index (κ2) is 7.87. The molecule has 0 saturated carbocycles. The number of carboxylic acid groups (broad SMARTS) is 1. The van der Waals surface area contributed by atoms with Gasteiger partial charge in [-0.25, -0.2) is 4.79 Å². The van der Waals surface area contributed by atoms with Gasteiger partial charge in [0.1, 0.15) is 6.54 Å². The zero-order valence-electron chi connectivity index (χ0n) is 17.2. The zero-order chi connectivity index (χ0) is 20.7. The minimum Gasteiger partial charge on any atom is -0.476 e. The highest BCUT2D eigenvalue weighted by atomic mass is 16.4. The molecule has 1 fully saturated rings. The van der Waals surface area contributed by atoms with Gasteiger partial charge in [0.15, 0.2) is 5.69 Å². The van der Waals surface area contributed by atoms with Crippen molar-refractivity contribution in [1.29, 1.82) is 0 Å². The average molecular weight is 409 g/mol. The molecule has 0 bridgehead atoms. The van der Waals surface area contributed by atoms with Crippen LogP contribution in [0.4, 0.5) is 0 Å². The van der Waals surface area contributed by atoms with Crippen molar-refractivity contribution < 1.29 is 14.7 Å². The Morgan fingerprint density at radius 1 is 1.03 bits per heavy atom. The highest BCUT2D eigenvalue weighted by molar-refractivity contribution is 5.87. The first-order chi connectivity index (χ1) is 14.6. The molecule has 0 spiro atoms. The summed E-state index contributed by atoms with van der Waals surface area (Å²) in [6, 6.07) is 9.22. The van der Waals surface area contributed by atoms with E-state index in [1.807, 2.05) is 4.90 Å². The zero-order valence-corrected chi connectivity index (χ0v) is 17.2. The lowest BCUT2D eigenvalue weighted by atomic mass is 9.86. The molecule has 7 heteroatoms. The van der Waals surface area contributed by atoms with Crippen molar-refractivity contribution >= 4 is 11.9 Å². The van der Waals surface area contributed by atoms with Crippen LogP contribution in [0.5, 0.6) is 0 Å². The molecule has 1 amide bonds. The molecule has 2 aromatic rings. The fourth-order valence-electron chi connectivity index (χ4n) is 5.43. The molecule has 30 heavy (non-hydrogen) atoms. The summed E-state index contributed by atoms with van der Waals surface area (Å²) in [7, 11) is 0. The number of hydrogen-bond acceptors (Lipinski definition) is 4. The van der Waals surface area contributed by atoms with Crippen LogP contribution in [0.2, 0.25) is 0 Å². The molecule has 2 heterocycles. The Hall–Kier alpha value is -2.67. The third-order valence-electron chi connectivity index (χ3n) is 6.94. The predicted octanol–water partition coefficient (Wildman–Crippen LogP) is 2.29. The lowest BCUT2D eigenvalue weighted by Crippen LogP contribution is -2.50. The van der Waals surface area contributed by atoms with Crippen molar-refractivity contribution in [3.63, 3.8) is 0 Å². The van der Waals surface area contributed by atoms with Gasteiger partial charge in [0.25, 0.3) is 0 Å². The van der Waals surface area contributed by atoms with E-state index in [0.29, 0.717) is 19.1 Å². The van der Waals surface area contributed by atoms with Gasteiger partial charge in [0.2, 0.25) is 5.91 Å². The molecule has 1 unspecified atom stereocenters. The van der Waals surface area contributed by atoms with Crippen molar-refractivity contribution in [2.24, 2.45) is 0 Å². The quantitative estimate of drug-likeness (QED) is 0.840. The lowest BCUT2D eigenvalue weighted by molar-refractivity contribution is -0.134. The van der Waals surface area contributed by atoms with E-state index in [9.17, 15) is 14.7 Å². The molecule has 5 rings (SSSR count). The molecule has 1 N–H and O–H groups in total. The van der Waals surface area contributed by atoms with Gasteiger partial charge >= 0.3 is 5.97 Å². The Labute approximate surface area is 176 Å². The van der Waals surface area contributed by atoms with E-state index in [-0.39, 0.29) is 18.1 Å². The number of benzene rings is 1. The molecule has 3 aliphatic rings. The number of carbonyl (C=O) groups is 2. The van der Waals surface area contributed by atoms with Crippen molar-refractivity contribution in [2.45, 2.75) is 51.1 Å². The van der Waals surface area contributed by atoms with E-state index in [4.69, 9.17) is 0 Å². The summed E-state index contributed by atoms with van der Waals surface area (Å²) in [5, 5.41) is 13.6. The van der Waals surface area contributed by atoms with Crippen LogP contribution < -0.4 is 0 Å². The molecule has 1 saturated heterocycles. The second-order valence-electron chi connectivity index (χ2n) is 8.61. The number of nitrogens with zero attached hydrogens (tertiary/aromatic N) is 4. The topological polar surface area (TPSA) is 78.7 Å². The van der Waals surface area contributed by atoms with Gasteiger partial charge in [-0.1, -0.05) is 24.3 Å². The minimum atomic E-state index is -0.999. The molecule has 1 aromatic carbocycles. The Bertz CT molecular complexity index is 975. The van der Waals surface area contributed by atoms with Crippen molar-refractivity contribution in [3.8, 4) is 0 Å². The normalized spacial score (nSPS) is 21.3. The number of carbonyl (C=O) groups excluding carboxylic acids is 1. The number of piperazine rings is 1. The van der Waals surface area contributed by atoms with Crippen LogP contribution in [0.1, 0.15) is 58.2 Å². The molecule has 2 aliphatic carbocycles. The number of amides is 1. The Morgan fingerprint density at radius 2 is 1.83 bits per heavy atom. The van der Waals surface area contributed by atoms with Gasteiger partial charge in [0, 0.05) is 43.5 Å². The number of aromatic carboxylic acids is 1. The molecule has 1 atom stereocenters. The van der Waals surface area contributed by atoms with Gasteiger partial charge in [-0.3, -0.25) is 14.4 Å². The molecule has 158 valence electrons. The first-order valence-electron chi connectivity index (χ1n) is 11.0. The lowest BCUT2D eigenvalue weighted by Gasteiger charge is -2.41. The number of fused-ring (bicyclic) bond motifs is 2. The summed E-state index contributed by atoms with van der Waals surface area (Å²) in [4.78, 5) is 28.8. The smallest absolute Gasteiger partial charge is 0.356 e. The van der Waals surface area contributed by atoms with Crippen LogP contribution in [0.3, 0.4) is 0 Å². The van der Waals surface area contributed by atoms with Crippen LogP contribution in [-0.2, 0) is 30.6 Å². The summed E-state index contributed by atoms with van der Waals surface area (Å²) in [6.45, 7) is 3.33. The van der Waals surface area contributed by atoms with Crippen LogP contribution >= 0.6 is 0 Å². The number of rotatable bonds is 4. The molecule has 7 nitrogen and oxygen atoms in total. The third kappa shape index (κ3) is 3.41. The first-order valence-corrected chi connectivity index (χ1v) is 11.0. The molecule has 0 radical (unpaired) electrons. The van der Waals surface area contributed by atoms with Gasteiger partial charge in [-0.05, 0) is 49.7 Å². The highest BCUT2D eigenvalue weighted by Gasteiger charge is 2.31. The SMILES string of the molecule is O=C(O)c1nn(CC(=O)N2CCN(C3CCCc4ccccc43)CC2)c2c1CCC2. The second-order valence-corrected chi connectivity index (χ2v) is 8.61. The standard InChI is InChI=1S/C23H28N4O3/c28-21(15-27-20-10-4-8-18(20)22(24-27)23(29)30)26-13-11-25(12-14-26)19-9-3-6-16-5-1-2-7-17(16)19/h1-2,5,7,19H,3-4,6,8-15H2,(H,29,30). The highest BCUT2D eigenvalue weighted by Crippen LogP contribution is 2.34. The van der Waals surface area contributed by atoms with Crippen molar-refractivity contribution in [2.75, 3.05) is 26.2 Å². The monoisotopic (exact) mass is 408 g/mol. The van der Waals surface area contributed by atoms with E-state index >= 15 is 0 Å². The number of aryl methyl sites for hydroxylation is 1. The summed E-state index contributed by atoms with van der Waals surface area (Å²) in [5.41, 5.74) is 4.79. The maximum Gasteiger partial charge on any atom is 0.356 e. The number of aromatic nitrogens is 2. The fourth-order valence-corrected chi connectivity index (χ4v) is 5.43. The van der Waals surface area contributed by atoms with Crippen LogP contribution in [0, 0.1) is 0 Å². The summed E-state index contributed by atoms with van der Waals surface area (Å²) >= 11 is 0. The first kappa shape index (κ1) is 19.3. The van der Waals surface area contributed by atoms with E-state index in [1.165, 1.54) is 24.0 Å². The number of carboxylic acids is 1. The van der Waals surface area contributed by atoms with Gasteiger partial charge in [0.05, 0.1) is 0 Å². The van der Waals surface area contributed by atoms with E-state index < -0.39 is 5.97 Å². The van der Waals surface area contributed by atoms with E-state index in [2.05, 4.69) is 34.3 Å².